The number of aromatic nitrogens is 5. The van der Waals surface area contributed by atoms with Gasteiger partial charge in [-0.15, -0.1) is 0 Å². The highest BCUT2D eigenvalue weighted by atomic mass is 19.1. The van der Waals surface area contributed by atoms with Crippen molar-refractivity contribution in [3.63, 3.8) is 0 Å². The van der Waals surface area contributed by atoms with E-state index in [2.05, 4.69) is 37.6 Å². The Hall–Kier alpha value is -3.95. The van der Waals surface area contributed by atoms with E-state index in [1.807, 2.05) is 17.8 Å². The smallest absolute Gasteiger partial charge is 0.237 e. The average Bonchev–Trinajstić information content (AvgIpc) is 3.39. The van der Waals surface area contributed by atoms with Crippen LogP contribution in [-0.2, 0) is 5.54 Å². The van der Waals surface area contributed by atoms with Gasteiger partial charge in [0.2, 0.25) is 11.8 Å². The topological polar surface area (TPSA) is 116 Å². The van der Waals surface area contributed by atoms with Crippen molar-refractivity contribution in [2.45, 2.75) is 32.2 Å². The molecule has 1 fully saturated rings. The van der Waals surface area contributed by atoms with Gasteiger partial charge in [-0.1, -0.05) is 0 Å². The number of hydrogen-bond donors (Lipinski definition) is 3. The molecule has 1 aliphatic heterocycles. The second kappa shape index (κ2) is 7.03. The zero-order valence-corrected chi connectivity index (χ0v) is 18.3. The van der Waals surface area contributed by atoms with Gasteiger partial charge in [0.25, 0.3) is 0 Å². The van der Waals surface area contributed by atoms with Crippen molar-refractivity contribution in [1.29, 1.82) is 0 Å². The minimum absolute atomic E-state index is 0.00450. The van der Waals surface area contributed by atoms with E-state index in [0.29, 0.717) is 47.0 Å². The number of hydrogen-bond acceptors (Lipinski definition) is 8. The second-order valence-electron chi connectivity index (χ2n) is 8.83. The van der Waals surface area contributed by atoms with Gasteiger partial charge in [-0.2, -0.15) is 5.10 Å². The zero-order chi connectivity index (χ0) is 22.7. The molecule has 0 unspecified atom stereocenters. The molecule has 1 saturated carbocycles. The summed E-state index contributed by atoms with van der Waals surface area (Å²) in [6.07, 6.45) is 9.07. The third-order valence-corrected chi connectivity index (χ3v) is 6.46. The monoisotopic (exact) mass is 446 g/mol. The Labute approximate surface area is 189 Å². The summed E-state index contributed by atoms with van der Waals surface area (Å²) in [6, 6.07) is 1.68. The molecule has 1 aliphatic carbocycles. The summed E-state index contributed by atoms with van der Waals surface area (Å²) in [6.45, 7) is 5.29. The summed E-state index contributed by atoms with van der Waals surface area (Å²) >= 11 is 0. The number of halogens is 1. The Morgan fingerprint density at radius 2 is 2.06 bits per heavy atom. The maximum Gasteiger partial charge on any atom is 0.237 e. The molecule has 0 radical (unpaired) electrons. The molecule has 33 heavy (non-hydrogen) atoms. The van der Waals surface area contributed by atoms with Gasteiger partial charge >= 0.3 is 0 Å². The summed E-state index contributed by atoms with van der Waals surface area (Å²) < 4.78 is 22.9. The molecular formula is C23H23FN8O. The van der Waals surface area contributed by atoms with Crippen molar-refractivity contribution in [2.75, 3.05) is 29.5 Å². The molecule has 6 rings (SSSR count). The number of pyridine rings is 1. The quantitative estimate of drug-likeness (QED) is 0.403. The van der Waals surface area contributed by atoms with Gasteiger partial charge in [0.15, 0.2) is 5.82 Å². The maximum atomic E-state index is 15.3. The normalized spacial score (nSPS) is 16.1. The largest absolute Gasteiger partial charge is 0.474 e. The van der Waals surface area contributed by atoms with Crippen LogP contribution in [0.1, 0.15) is 25.3 Å². The van der Waals surface area contributed by atoms with E-state index >= 15 is 4.39 Å². The number of anilines is 4. The van der Waals surface area contributed by atoms with Gasteiger partial charge in [0.1, 0.15) is 12.3 Å². The fourth-order valence-corrected chi connectivity index (χ4v) is 4.15. The Kier molecular flexibility index (Phi) is 4.20. The van der Waals surface area contributed by atoms with Crippen LogP contribution in [0.25, 0.3) is 22.0 Å². The van der Waals surface area contributed by atoms with Crippen LogP contribution in [0.5, 0.6) is 5.88 Å². The molecule has 9 nitrogen and oxygen atoms in total. The predicted octanol–water partition coefficient (Wildman–Crippen LogP) is 3.97. The molecule has 0 bridgehead atoms. The predicted molar refractivity (Wildman–Crippen MR) is 124 cm³/mol. The highest BCUT2D eigenvalue weighted by Gasteiger charge is 2.40. The first-order valence-electron chi connectivity index (χ1n) is 10.9. The number of nitrogens with zero attached hydrogens (tertiary/aromatic N) is 5. The molecule has 0 saturated heterocycles. The lowest BCUT2D eigenvalue weighted by atomic mass is 9.98. The van der Waals surface area contributed by atoms with E-state index in [1.165, 1.54) is 6.20 Å². The fourth-order valence-electron chi connectivity index (χ4n) is 4.15. The summed E-state index contributed by atoms with van der Waals surface area (Å²) in [5.41, 5.74) is 10.2. The number of benzene rings is 1. The Morgan fingerprint density at radius 1 is 1.21 bits per heavy atom. The molecule has 0 spiro atoms. The molecule has 2 aliphatic rings. The van der Waals surface area contributed by atoms with E-state index in [1.54, 1.807) is 18.5 Å². The van der Waals surface area contributed by atoms with Crippen LogP contribution in [0.2, 0.25) is 0 Å². The van der Waals surface area contributed by atoms with Crippen LogP contribution < -0.4 is 21.1 Å². The third-order valence-electron chi connectivity index (χ3n) is 6.46. The minimum atomic E-state index is -0.521. The molecular weight excluding hydrogens is 423 g/mol. The fraction of sp³-hybridized carbons (Fsp3) is 0.304. The zero-order valence-electron chi connectivity index (χ0n) is 18.3. The third kappa shape index (κ3) is 3.21. The van der Waals surface area contributed by atoms with Crippen LogP contribution in [0.3, 0.4) is 0 Å². The van der Waals surface area contributed by atoms with Gasteiger partial charge in [-0.3, -0.25) is 4.68 Å². The Morgan fingerprint density at radius 3 is 2.88 bits per heavy atom. The van der Waals surface area contributed by atoms with Crippen LogP contribution >= 0.6 is 0 Å². The highest BCUT2D eigenvalue weighted by Crippen LogP contribution is 2.43. The van der Waals surface area contributed by atoms with E-state index in [9.17, 15) is 0 Å². The lowest BCUT2D eigenvalue weighted by Gasteiger charge is -2.22. The SMILES string of the molecule is Cc1c(-c2cc3nc(Nc4cnn(C5(C)CC5)c4)ncc3c(N)c2F)cnc2c1NCCO2. The van der Waals surface area contributed by atoms with E-state index in [0.717, 1.165) is 29.8 Å². The number of ether oxygens (including phenoxy) is 1. The van der Waals surface area contributed by atoms with Gasteiger partial charge < -0.3 is 21.1 Å². The summed E-state index contributed by atoms with van der Waals surface area (Å²) in [5, 5.41) is 11.4. The maximum absolute atomic E-state index is 15.3. The van der Waals surface area contributed by atoms with Crippen LogP contribution in [0, 0.1) is 12.7 Å². The van der Waals surface area contributed by atoms with Gasteiger partial charge in [0, 0.05) is 41.6 Å². The molecule has 1 aromatic carbocycles. The second-order valence-corrected chi connectivity index (χ2v) is 8.83. The molecule has 0 amide bonds. The lowest BCUT2D eigenvalue weighted by Crippen LogP contribution is -2.20. The van der Waals surface area contributed by atoms with Crippen molar-refractivity contribution in [3.05, 3.63) is 42.2 Å². The number of nitrogens with one attached hydrogen (secondary N) is 2. The number of fused-ring (bicyclic) bond motifs is 2. The van der Waals surface area contributed by atoms with Crippen molar-refractivity contribution < 1.29 is 9.13 Å². The van der Waals surface area contributed by atoms with Gasteiger partial charge in [0.05, 0.1) is 28.6 Å². The van der Waals surface area contributed by atoms with Crippen molar-refractivity contribution in [1.82, 2.24) is 24.7 Å². The van der Waals surface area contributed by atoms with Crippen molar-refractivity contribution >= 4 is 33.9 Å². The van der Waals surface area contributed by atoms with Gasteiger partial charge in [-0.25, -0.2) is 19.3 Å². The molecule has 168 valence electrons. The molecule has 3 aromatic heterocycles. The molecule has 4 N–H and O–H groups in total. The first-order valence-corrected chi connectivity index (χ1v) is 10.9. The minimum Gasteiger partial charge on any atom is -0.474 e. The van der Waals surface area contributed by atoms with E-state index in [-0.39, 0.29) is 11.2 Å². The molecule has 4 heterocycles. The van der Waals surface area contributed by atoms with Crippen LogP contribution in [-0.4, -0.2) is 37.9 Å². The number of nitrogens with two attached hydrogens (primary N) is 1. The van der Waals surface area contributed by atoms with Crippen LogP contribution in [0.4, 0.5) is 27.4 Å². The standard InChI is InChI=1S/C23H23FN8O/c1-12-15(9-27-21-20(12)26-5-6-33-21)14-7-17-16(19(25)18(14)24)10-28-22(31-17)30-13-8-29-32(11-13)23(2)3-4-23/h7-11,26H,3-6,25H2,1-2H3,(H,28,30,31). The highest BCUT2D eigenvalue weighted by molar-refractivity contribution is 5.96. The number of rotatable bonds is 4. The average molecular weight is 446 g/mol. The summed E-state index contributed by atoms with van der Waals surface area (Å²) in [5.74, 6) is 0.383. The lowest BCUT2D eigenvalue weighted by molar-refractivity contribution is 0.310. The summed E-state index contributed by atoms with van der Waals surface area (Å²) in [7, 11) is 0. The van der Waals surface area contributed by atoms with E-state index in [4.69, 9.17) is 10.5 Å². The summed E-state index contributed by atoms with van der Waals surface area (Å²) in [4.78, 5) is 13.3. The van der Waals surface area contributed by atoms with Crippen molar-refractivity contribution in [3.8, 4) is 17.0 Å². The van der Waals surface area contributed by atoms with Crippen LogP contribution in [0.15, 0.2) is 30.9 Å². The first kappa shape index (κ1) is 19.7. The van der Waals surface area contributed by atoms with Gasteiger partial charge in [-0.05, 0) is 38.3 Å². The van der Waals surface area contributed by atoms with Crippen molar-refractivity contribution in [2.24, 2.45) is 0 Å². The Bertz CT molecular complexity index is 1410. The first-order chi connectivity index (χ1) is 15.9. The Balaban J connectivity index is 1.40. The van der Waals surface area contributed by atoms with E-state index < -0.39 is 5.82 Å². The molecule has 0 atom stereocenters. The number of nitrogen functional groups attached to an aromatic ring is 1. The molecule has 10 heteroatoms. The molecule has 4 aromatic rings.